The summed E-state index contributed by atoms with van der Waals surface area (Å²) >= 11 is 0. The van der Waals surface area contributed by atoms with E-state index in [0.717, 1.165) is 17.5 Å². The molecule has 2 aromatic carbocycles. The van der Waals surface area contributed by atoms with Crippen LogP contribution in [-0.2, 0) is 21.1 Å². The summed E-state index contributed by atoms with van der Waals surface area (Å²) in [5.74, 6) is 0.202. The molecule has 0 aliphatic heterocycles. The average molecular weight is 541 g/mol. The van der Waals surface area contributed by atoms with Gasteiger partial charge in [0.1, 0.15) is 11.6 Å². The molecule has 146 valence electrons. The van der Waals surface area contributed by atoms with Crippen molar-refractivity contribution in [2.24, 2.45) is 0 Å². The second-order valence-electron chi connectivity index (χ2n) is 5.69. The molecule has 0 bridgehead atoms. The van der Waals surface area contributed by atoms with Gasteiger partial charge in [0.2, 0.25) is 0 Å². The summed E-state index contributed by atoms with van der Waals surface area (Å²) in [6, 6.07) is 19.6. The standard InChI is InChI=1S/2C8H7O.C8H11.Pt/c2*1-7(9)8-5-3-2-4-6-8;1-2-4-6-8-7-5-3-1;/h2*3-6H,1H3;1-2,7H,3-6H2;/q3*-1;/b;;2-1-;. The molecule has 3 rings (SSSR count). The first-order valence-electron chi connectivity index (χ1n) is 8.75. The van der Waals surface area contributed by atoms with Crippen molar-refractivity contribution in [1.29, 1.82) is 0 Å². The van der Waals surface area contributed by atoms with Crippen LogP contribution in [0.4, 0.5) is 0 Å². The number of carbonyl (C=O) groups excluding carboxylic acids is 2. The molecule has 0 spiro atoms. The van der Waals surface area contributed by atoms with E-state index in [1.165, 1.54) is 19.3 Å². The summed E-state index contributed by atoms with van der Waals surface area (Å²) in [6.07, 6.45) is 14.5. The molecule has 2 aromatic rings. The van der Waals surface area contributed by atoms with Crippen LogP contribution in [0, 0.1) is 18.2 Å². The number of hydrogen-bond donors (Lipinski definition) is 0. The maximum atomic E-state index is 10.6. The maximum absolute atomic E-state index is 10.6. The van der Waals surface area contributed by atoms with E-state index in [0.29, 0.717) is 0 Å². The van der Waals surface area contributed by atoms with Crippen molar-refractivity contribution in [1.82, 2.24) is 0 Å². The van der Waals surface area contributed by atoms with Gasteiger partial charge in [-0.1, -0.05) is 36.1 Å². The van der Waals surface area contributed by atoms with Crippen molar-refractivity contribution in [2.75, 3.05) is 0 Å². The Hall–Kier alpha value is -2.05. The summed E-state index contributed by atoms with van der Waals surface area (Å²) in [7, 11) is 0. The summed E-state index contributed by atoms with van der Waals surface area (Å²) in [5.41, 5.74) is 1.49. The Labute approximate surface area is 177 Å². The van der Waals surface area contributed by atoms with Crippen LogP contribution in [0.15, 0.2) is 66.8 Å². The van der Waals surface area contributed by atoms with Crippen LogP contribution >= 0.6 is 0 Å². The third kappa shape index (κ3) is 12.9. The van der Waals surface area contributed by atoms with Crippen LogP contribution in [0.5, 0.6) is 0 Å². The second-order valence-corrected chi connectivity index (χ2v) is 5.69. The Morgan fingerprint density at radius 2 is 1.19 bits per heavy atom. The average Bonchev–Trinajstić information content (AvgIpc) is 2.64. The molecule has 0 unspecified atom stereocenters. The van der Waals surface area contributed by atoms with Crippen LogP contribution in [0.1, 0.15) is 60.2 Å². The van der Waals surface area contributed by atoms with Crippen LogP contribution in [-0.4, -0.2) is 11.6 Å². The van der Waals surface area contributed by atoms with Gasteiger partial charge < -0.3 is 6.08 Å². The quantitative estimate of drug-likeness (QED) is 0.272. The van der Waals surface area contributed by atoms with Gasteiger partial charge >= 0.3 is 0 Å². The van der Waals surface area contributed by atoms with E-state index in [1.54, 1.807) is 62.4 Å². The number of ketones is 2. The van der Waals surface area contributed by atoms with Gasteiger partial charge in [0.15, 0.2) is 0 Å². The molecule has 3 heteroatoms. The van der Waals surface area contributed by atoms with Gasteiger partial charge in [0, 0.05) is 21.1 Å². The smallest absolute Gasteiger partial charge is 0.135 e. The van der Waals surface area contributed by atoms with E-state index in [9.17, 15) is 9.59 Å². The topological polar surface area (TPSA) is 34.1 Å². The van der Waals surface area contributed by atoms with Crippen LogP contribution in [0.3, 0.4) is 0 Å². The van der Waals surface area contributed by atoms with E-state index >= 15 is 0 Å². The molecule has 0 amide bonds. The summed E-state index contributed by atoms with van der Waals surface area (Å²) in [5, 5.41) is 0. The number of Topliss-reactive ketones (excluding diaryl/α,β-unsaturated/α-hetero) is 2. The van der Waals surface area contributed by atoms with Gasteiger partial charge in [0.25, 0.3) is 0 Å². The first-order chi connectivity index (χ1) is 12.6. The van der Waals surface area contributed by atoms with Gasteiger partial charge in [-0.2, -0.15) is 67.1 Å². The fourth-order valence-electron chi connectivity index (χ4n) is 2.03. The predicted molar refractivity (Wildman–Crippen MR) is 106 cm³/mol. The molecular weight excluding hydrogens is 515 g/mol. The molecule has 27 heavy (non-hydrogen) atoms. The summed E-state index contributed by atoms with van der Waals surface area (Å²) in [6.45, 7) is 3.10. The monoisotopic (exact) mass is 540 g/mol. The maximum Gasteiger partial charge on any atom is 0.135 e. The Kier molecular flexibility index (Phi) is 14.9. The Morgan fingerprint density at radius 3 is 1.59 bits per heavy atom. The van der Waals surface area contributed by atoms with Crippen LogP contribution < -0.4 is 0 Å². The Bertz CT molecular complexity index is 628. The molecule has 0 radical (unpaired) electrons. The number of rotatable bonds is 2. The summed E-state index contributed by atoms with van der Waals surface area (Å²) < 4.78 is 0. The Morgan fingerprint density at radius 1 is 0.741 bits per heavy atom. The van der Waals surface area contributed by atoms with Crippen molar-refractivity contribution < 1.29 is 30.7 Å². The van der Waals surface area contributed by atoms with Gasteiger partial charge in [0.05, 0.1) is 0 Å². The van der Waals surface area contributed by atoms with Crippen molar-refractivity contribution >= 4 is 11.6 Å². The van der Waals surface area contributed by atoms with E-state index in [1.807, 2.05) is 0 Å². The zero-order valence-electron chi connectivity index (χ0n) is 15.8. The van der Waals surface area contributed by atoms with E-state index < -0.39 is 0 Å². The largest absolute Gasteiger partial charge is 0.500 e. The van der Waals surface area contributed by atoms with Crippen LogP contribution in [0.2, 0.25) is 0 Å². The number of allylic oxidation sites excluding steroid dienone is 4. The SMILES string of the molecule is CC(=O)c1cc[c-]cc1.CC(=O)c1cc[c-]cc1.[C-]1=CCC/C=C\CC1.[Pt]. The molecule has 0 saturated heterocycles. The van der Waals surface area contributed by atoms with E-state index in [4.69, 9.17) is 0 Å². The first-order valence-corrected chi connectivity index (χ1v) is 8.75. The number of carbonyl (C=O) groups is 2. The fourth-order valence-corrected chi connectivity index (χ4v) is 2.03. The normalized spacial score (nSPS) is 13.1. The molecule has 0 atom stereocenters. The first kappa shape index (κ1) is 24.9. The van der Waals surface area contributed by atoms with Crippen molar-refractivity contribution in [3.63, 3.8) is 0 Å². The molecule has 1 aliphatic carbocycles. The third-order valence-corrected chi connectivity index (χ3v) is 3.49. The summed E-state index contributed by atoms with van der Waals surface area (Å²) in [4.78, 5) is 21.3. The van der Waals surface area contributed by atoms with E-state index in [2.05, 4.69) is 36.4 Å². The van der Waals surface area contributed by atoms with Gasteiger partial charge in [-0.15, -0.1) is 0 Å². The third-order valence-electron chi connectivity index (χ3n) is 3.49. The van der Waals surface area contributed by atoms with Gasteiger partial charge in [-0.3, -0.25) is 15.7 Å². The van der Waals surface area contributed by atoms with Gasteiger partial charge in [-0.25, -0.2) is 0 Å². The zero-order chi connectivity index (χ0) is 19.0. The Balaban J connectivity index is 0.000000369. The fraction of sp³-hybridized carbons (Fsp3) is 0.250. The minimum atomic E-state index is 0. The zero-order valence-corrected chi connectivity index (χ0v) is 18.1. The minimum Gasteiger partial charge on any atom is -0.500 e. The predicted octanol–water partition coefficient (Wildman–Crippen LogP) is 5.85. The minimum absolute atomic E-state index is 0. The molecule has 2 nitrogen and oxygen atoms in total. The molecule has 0 heterocycles. The molecule has 0 fully saturated rings. The van der Waals surface area contributed by atoms with Crippen molar-refractivity contribution in [2.45, 2.75) is 39.5 Å². The molecule has 0 saturated carbocycles. The van der Waals surface area contributed by atoms with Crippen LogP contribution in [0.25, 0.3) is 0 Å². The van der Waals surface area contributed by atoms with Gasteiger partial charge in [-0.05, 0) is 20.3 Å². The molecule has 0 N–H and O–H groups in total. The number of hydrogen-bond acceptors (Lipinski definition) is 2. The molecule has 0 aromatic heterocycles. The molecule has 1 aliphatic rings. The van der Waals surface area contributed by atoms with E-state index in [-0.39, 0.29) is 32.6 Å². The van der Waals surface area contributed by atoms with Crippen molar-refractivity contribution in [3.05, 3.63) is 96.1 Å². The van der Waals surface area contributed by atoms with Crippen molar-refractivity contribution in [3.8, 4) is 0 Å². The second kappa shape index (κ2) is 16.1. The molecular formula is C24H25O2Pt-3. The number of benzene rings is 2.